The number of rotatable bonds is 5. The number of anilines is 4. The largest absolute Gasteiger partial charge is 0.340 e. The topological polar surface area (TPSA) is 91.8 Å². The fourth-order valence-electron chi connectivity index (χ4n) is 2.84. The lowest BCUT2D eigenvalue weighted by Crippen LogP contribution is -2.20. The second kappa shape index (κ2) is 9.42. The van der Waals surface area contributed by atoms with Gasteiger partial charge in [-0.2, -0.15) is 0 Å². The van der Waals surface area contributed by atoms with E-state index in [1.165, 1.54) is 12.1 Å². The molecule has 3 aromatic heterocycles. The Hall–Kier alpha value is -3.68. The maximum absolute atomic E-state index is 12.3. The van der Waals surface area contributed by atoms with E-state index < -0.39 is 6.03 Å². The predicted molar refractivity (Wildman–Crippen MR) is 124 cm³/mol. The molecule has 9 heteroatoms. The van der Waals surface area contributed by atoms with Gasteiger partial charge in [0, 0.05) is 23.8 Å². The lowest BCUT2D eigenvalue weighted by molar-refractivity contribution is 0.262. The van der Waals surface area contributed by atoms with Gasteiger partial charge in [0.25, 0.3) is 0 Å². The molecule has 3 N–H and O–H groups in total. The standard InChI is InChI=1S/C22H16Cl2N6O/c23-18-12-17(13-19(24)29-18)28-22(31)30-21-11-15(7-9-26-21)14-6-8-25-20(10-14)27-16-4-2-1-3-5-16/h1-13H,(H,25,27)(H2,26,28,29,30,31). The number of benzene rings is 1. The van der Waals surface area contributed by atoms with Gasteiger partial charge < -0.3 is 10.6 Å². The molecule has 0 radical (unpaired) electrons. The molecule has 0 spiro atoms. The van der Waals surface area contributed by atoms with Gasteiger partial charge in [0.05, 0.1) is 0 Å². The normalized spacial score (nSPS) is 10.4. The van der Waals surface area contributed by atoms with E-state index in [0.717, 1.165) is 16.8 Å². The first-order chi connectivity index (χ1) is 15.0. The molecule has 31 heavy (non-hydrogen) atoms. The number of nitrogens with one attached hydrogen (secondary N) is 3. The van der Waals surface area contributed by atoms with Crippen molar-refractivity contribution in [3.8, 4) is 11.1 Å². The Morgan fingerprint density at radius 1 is 0.710 bits per heavy atom. The van der Waals surface area contributed by atoms with Gasteiger partial charge >= 0.3 is 6.03 Å². The average molecular weight is 451 g/mol. The van der Waals surface area contributed by atoms with E-state index in [1.807, 2.05) is 48.5 Å². The van der Waals surface area contributed by atoms with E-state index in [9.17, 15) is 4.79 Å². The van der Waals surface area contributed by atoms with Crippen LogP contribution in [0.25, 0.3) is 11.1 Å². The van der Waals surface area contributed by atoms with E-state index in [4.69, 9.17) is 23.2 Å². The van der Waals surface area contributed by atoms with Gasteiger partial charge in [-0.05, 0) is 59.7 Å². The Bertz CT molecular complexity index is 1200. The molecule has 0 fully saturated rings. The number of nitrogens with zero attached hydrogens (tertiary/aromatic N) is 3. The molecule has 0 unspecified atom stereocenters. The van der Waals surface area contributed by atoms with Gasteiger partial charge in [0.1, 0.15) is 21.9 Å². The number of aromatic nitrogens is 3. The monoisotopic (exact) mass is 450 g/mol. The van der Waals surface area contributed by atoms with E-state index in [2.05, 4.69) is 30.9 Å². The first-order valence-corrected chi connectivity index (χ1v) is 9.96. The molecular formula is C22H16Cl2N6O. The van der Waals surface area contributed by atoms with Gasteiger partial charge in [-0.3, -0.25) is 5.32 Å². The maximum Gasteiger partial charge on any atom is 0.324 e. The van der Waals surface area contributed by atoms with Crippen LogP contribution >= 0.6 is 23.2 Å². The van der Waals surface area contributed by atoms with E-state index in [1.54, 1.807) is 18.5 Å². The molecule has 0 aliphatic carbocycles. The molecule has 0 saturated heterocycles. The van der Waals surface area contributed by atoms with Crippen molar-refractivity contribution in [1.29, 1.82) is 0 Å². The summed E-state index contributed by atoms with van der Waals surface area (Å²) in [5.41, 5.74) is 3.16. The Morgan fingerprint density at radius 2 is 1.32 bits per heavy atom. The lowest BCUT2D eigenvalue weighted by Gasteiger charge is -2.10. The Balaban J connectivity index is 1.48. The van der Waals surface area contributed by atoms with Crippen LogP contribution in [0.15, 0.2) is 79.1 Å². The molecule has 1 aromatic carbocycles. The van der Waals surface area contributed by atoms with Crippen LogP contribution in [0.4, 0.5) is 27.8 Å². The maximum atomic E-state index is 12.3. The first-order valence-electron chi connectivity index (χ1n) is 9.21. The second-order valence-electron chi connectivity index (χ2n) is 6.43. The molecule has 7 nitrogen and oxygen atoms in total. The van der Waals surface area contributed by atoms with Crippen molar-refractivity contribution in [3.63, 3.8) is 0 Å². The highest BCUT2D eigenvalue weighted by atomic mass is 35.5. The summed E-state index contributed by atoms with van der Waals surface area (Å²) in [4.78, 5) is 24.7. The fraction of sp³-hybridized carbons (Fsp3) is 0. The third-order valence-electron chi connectivity index (χ3n) is 4.16. The summed E-state index contributed by atoms with van der Waals surface area (Å²) in [6.07, 6.45) is 3.34. The molecule has 0 aliphatic rings. The van der Waals surface area contributed by atoms with Crippen molar-refractivity contribution in [1.82, 2.24) is 15.0 Å². The molecule has 0 aliphatic heterocycles. The van der Waals surface area contributed by atoms with Crippen LogP contribution in [0.3, 0.4) is 0 Å². The summed E-state index contributed by atoms with van der Waals surface area (Å²) >= 11 is 11.7. The number of hydrogen-bond donors (Lipinski definition) is 3. The number of para-hydroxylation sites is 1. The van der Waals surface area contributed by atoms with Crippen LogP contribution in [0.1, 0.15) is 0 Å². The summed E-state index contributed by atoms with van der Waals surface area (Å²) in [7, 11) is 0. The van der Waals surface area contributed by atoms with E-state index >= 15 is 0 Å². The minimum absolute atomic E-state index is 0.181. The van der Waals surface area contributed by atoms with E-state index in [-0.39, 0.29) is 10.3 Å². The predicted octanol–water partition coefficient (Wildman–Crippen LogP) is 6.23. The highest BCUT2D eigenvalue weighted by Gasteiger charge is 2.08. The molecule has 4 rings (SSSR count). The average Bonchev–Trinajstić information content (AvgIpc) is 2.74. The van der Waals surface area contributed by atoms with E-state index in [0.29, 0.717) is 17.3 Å². The highest BCUT2D eigenvalue weighted by molar-refractivity contribution is 6.33. The number of hydrogen-bond acceptors (Lipinski definition) is 5. The van der Waals surface area contributed by atoms with Crippen LogP contribution in [-0.4, -0.2) is 21.0 Å². The number of carbonyl (C=O) groups is 1. The molecule has 0 atom stereocenters. The van der Waals surface area contributed by atoms with Gasteiger partial charge in [-0.25, -0.2) is 19.7 Å². The van der Waals surface area contributed by atoms with Crippen molar-refractivity contribution in [3.05, 3.63) is 89.4 Å². The number of pyridine rings is 3. The number of urea groups is 1. The first kappa shape index (κ1) is 20.6. The minimum atomic E-state index is -0.482. The Morgan fingerprint density at radius 3 is 2.00 bits per heavy atom. The Labute approximate surface area is 188 Å². The third kappa shape index (κ3) is 5.69. The molecule has 154 valence electrons. The molecule has 0 bridgehead atoms. The summed E-state index contributed by atoms with van der Waals surface area (Å²) in [6, 6.07) is 19.7. The number of amides is 2. The second-order valence-corrected chi connectivity index (χ2v) is 7.21. The smallest absolute Gasteiger partial charge is 0.324 e. The highest BCUT2D eigenvalue weighted by Crippen LogP contribution is 2.25. The fourth-order valence-corrected chi connectivity index (χ4v) is 3.30. The van der Waals surface area contributed by atoms with Crippen molar-refractivity contribution in [2.45, 2.75) is 0 Å². The molecule has 4 aromatic rings. The SMILES string of the molecule is O=C(Nc1cc(Cl)nc(Cl)c1)Nc1cc(-c2ccnc(Nc3ccccc3)c2)ccn1. The summed E-state index contributed by atoms with van der Waals surface area (Å²) in [6.45, 7) is 0. The summed E-state index contributed by atoms with van der Waals surface area (Å²) < 4.78 is 0. The minimum Gasteiger partial charge on any atom is -0.340 e. The zero-order valence-corrected chi connectivity index (χ0v) is 17.5. The van der Waals surface area contributed by atoms with Gasteiger partial charge in [-0.15, -0.1) is 0 Å². The van der Waals surface area contributed by atoms with Gasteiger partial charge in [0.15, 0.2) is 0 Å². The number of halogens is 2. The quantitative estimate of drug-likeness (QED) is 0.313. The zero-order valence-electron chi connectivity index (χ0n) is 16.0. The van der Waals surface area contributed by atoms with Crippen LogP contribution in [0.5, 0.6) is 0 Å². The van der Waals surface area contributed by atoms with Crippen molar-refractivity contribution in [2.75, 3.05) is 16.0 Å². The summed E-state index contributed by atoms with van der Waals surface area (Å²) in [5, 5.41) is 8.97. The van der Waals surface area contributed by atoms with Crippen LogP contribution in [0.2, 0.25) is 10.3 Å². The van der Waals surface area contributed by atoms with Crippen molar-refractivity contribution in [2.24, 2.45) is 0 Å². The lowest BCUT2D eigenvalue weighted by atomic mass is 10.1. The van der Waals surface area contributed by atoms with Gasteiger partial charge in [0.2, 0.25) is 0 Å². The van der Waals surface area contributed by atoms with Crippen molar-refractivity contribution < 1.29 is 4.79 Å². The van der Waals surface area contributed by atoms with Crippen LogP contribution in [-0.2, 0) is 0 Å². The molecule has 2 amide bonds. The Kier molecular flexibility index (Phi) is 6.26. The summed E-state index contributed by atoms with van der Waals surface area (Å²) in [5.74, 6) is 1.09. The molecule has 0 saturated carbocycles. The third-order valence-corrected chi connectivity index (χ3v) is 4.55. The van der Waals surface area contributed by atoms with Gasteiger partial charge in [-0.1, -0.05) is 41.4 Å². The molecule has 3 heterocycles. The number of carbonyl (C=O) groups excluding carboxylic acids is 1. The molecular weight excluding hydrogens is 435 g/mol. The van der Waals surface area contributed by atoms with Crippen LogP contribution < -0.4 is 16.0 Å². The zero-order chi connectivity index (χ0) is 21.6. The van der Waals surface area contributed by atoms with Crippen molar-refractivity contribution >= 4 is 52.2 Å². The van der Waals surface area contributed by atoms with Crippen LogP contribution in [0, 0.1) is 0 Å².